The van der Waals surface area contributed by atoms with E-state index < -0.39 is 17.4 Å². The SMILES string of the molecule is CCCOC(=O)C(C)(C(=O)OCCC)c1ccccc1. The monoisotopic (exact) mass is 278 g/mol. The lowest BCUT2D eigenvalue weighted by Crippen LogP contribution is -2.43. The van der Waals surface area contributed by atoms with Gasteiger partial charge in [0.1, 0.15) is 0 Å². The molecule has 0 aliphatic rings. The average Bonchev–Trinajstić information content (AvgIpc) is 2.50. The lowest BCUT2D eigenvalue weighted by atomic mass is 9.82. The van der Waals surface area contributed by atoms with Gasteiger partial charge in [0.25, 0.3) is 0 Å². The summed E-state index contributed by atoms with van der Waals surface area (Å²) in [6.07, 6.45) is 1.42. The van der Waals surface area contributed by atoms with Gasteiger partial charge in [0, 0.05) is 0 Å². The molecule has 0 aliphatic heterocycles. The van der Waals surface area contributed by atoms with E-state index in [1.165, 1.54) is 0 Å². The molecule has 4 nitrogen and oxygen atoms in total. The van der Waals surface area contributed by atoms with Crippen molar-refractivity contribution in [3.05, 3.63) is 35.9 Å². The molecule has 0 fully saturated rings. The van der Waals surface area contributed by atoms with Crippen molar-refractivity contribution in [3.8, 4) is 0 Å². The molecule has 0 amide bonds. The summed E-state index contributed by atoms with van der Waals surface area (Å²) in [6.45, 7) is 5.95. The van der Waals surface area contributed by atoms with Crippen LogP contribution in [0.3, 0.4) is 0 Å². The molecule has 0 aromatic heterocycles. The maximum absolute atomic E-state index is 12.3. The van der Waals surface area contributed by atoms with Gasteiger partial charge in [-0.15, -0.1) is 0 Å². The normalized spacial score (nSPS) is 10.9. The van der Waals surface area contributed by atoms with Gasteiger partial charge in [-0.2, -0.15) is 0 Å². The second-order valence-electron chi connectivity index (χ2n) is 4.76. The van der Waals surface area contributed by atoms with Gasteiger partial charge in [-0.3, -0.25) is 9.59 Å². The zero-order valence-electron chi connectivity index (χ0n) is 12.3. The summed E-state index contributed by atoms with van der Waals surface area (Å²) in [6, 6.07) is 8.88. The van der Waals surface area contributed by atoms with Crippen molar-refractivity contribution in [2.75, 3.05) is 13.2 Å². The molecule has 1 aromatic rings. The van der Waals surface area contributed by atoms with Crippen LogP contribution in [0.2, 0.25) is 0 Å². The highest BCUT2D eigenvalue weighted by atomic mass is 16.6. The van der Waals surface area contributed by atoms with E-state index in [-0.39, 0.29) is 0 Å². The third-order valence-corrected chi connectivity index (χ3v) is 3.04. The predicted molar refractivity (Wildman–Crippen MR) is 76.3 cm³/mol. The van der Waals surface area contributed by atoms with Crippen molar-refractivity contribution in [2.24, 2.45) is 0 Å². The van der Waals surface area contributed by atoms with E-state index in [0.29, 0.717) is 31.6 Å². The van der Waals surface area contributed by atoms with E-state index in [2.05, 4.69) is 0 Å². The maximum Gasteiger partial charge on any atom is 0.327 e. The molecule has 0 bridgehead atoms. The fourth-order valence-electron chi connectivity index (χ4n) is 1.77. The van der Waals surface area contributed by atoms with Gasteiger partial charge in [0.05, 0.1) is 13.2 Å². The van der Waals surface area contributed by atoms with Crippen molar-refractivity contribution >= 4 is 11.9 Å². The van der Waals surface area contributed by atoms with E-state index >= 15 is 0 Å². The molecule has 0 spiro atoms. The third kappa shape index (κ3) is 3.59. The van der Waals surface area contributed by atoms with Crippen molar-refractivity contribution in [1.82, 2.24) is 0 Å². The molecule has 20 heavy (non-hydrogen) atoms. The molecule has 0 aliphatic carbocycles. The topological polar surface area (TPSA) is 52.6 Å². The Kier molecular flexibility index (Phi) is 6.22. The zero-order valence-corrected chi connectivity index (χ0v) is 12.3. The van der Waals surface area contributed by atoms with Gasteiger partial charge in [-0.25, -0.2) is 0 Å². The molecule has 0 atom stereocenters. The molecular weight excluding hydrogens is 256 g/mol. The lowest BCUT2D eigenvalue weighted by Gasteiger charge is -2.25. The molecule has 0 radical (unpaired) electrons. The van der Waals surface area contributed by atoms with Gasteiger partial charge in [0.15, 0.2) is 5.41 Å². The highest BCUT2D eigenvalue weighted by molar-refractivity contribution is 6.05. The Bertz CT molecular complexity index is 419. The molecule has 0 unspecified atom stereocenters. The summed E-state index contributed by atoms with van der Waals surface area (Å²) in [5.74, 6) is -1.13. The molecule has 1 aromatic carbocycles. The summed E-state index contributed by atoms with van der Waals surface area (Å²) in [5.41, 5.74) is -0.826. The molecule has 1 rings (SSSR count). The summed E-state index contributed by atoms with van der Waals surface area (Å²) in [7, 11) is 0. The molecule has 0 saturated carbocycles. The molecule has 0 saturated heterocycles. The smallest absolute Gasteiger partial charge is 0.327 e. The van der Waals surface area contributed by atoms with E-state index in [4.69, 9.17) is 9.47 Å². The first-order chi connectivity index (χ1) is 9.57. The van der Waals surface area contributed by atoms with Crippen LogP contribution in [0.15, 0.2) is 30.3 Å². The van der Waals surface area contributed by atoms with Crippen LogP contribution >= 0.6 is 0 Å². The van der Waals surface area contributed by atoms with Crippen molar-refractivity contribution < 1.29 is 19.1 Å². The standard InChI is InChI=1S/C16H22O4/c1-4-11-19-14(17)16(3,15(18)20-12-5-2)13-9-7-6-8-10-13/h6-10H,4-5,11-12H2,1-3H3. The molecule has 4 heteroatoms. The summed E-state index contributed by atoms with van der Waals surface area (Å²) >= 11 is 0. The first-order valence-electron chi connectivity index (χ1n) is 6.97. The molecule has 0 heterocycles. The number of benzene rings is 1. The van der Waals surface area contributed by atoms with Gasteiger partial charge in [-0.1, -0.05) is 44.2 Å². The Morgan fingerprint density at radius 2 is 1.40 bits per heavy atom. The minimum atomic E-state index is -1.41. The van der Waals surface area contributed by atoms with Crippen LogP contribution in [0.25, 0.3) is 0 Å². The van der Waals surface area contributed by atoms with Crippen LogP contribution in [-0.2, 0) is 24.5 Å². The minimum Gasteiger partial charge on any atom is -0.465 e. The van der Waals surface area contributed by atoms with Gasteiger partial charge < -0.3 is 9.47 Å². The van der Waals surface area contributed by atoms with Crippen LogP contribution in [0.4, 0.5) is 0 Å². The Morgan fingerprint density at radius 3 is 1.80 bits per heavy atom. The largest absolute Gasteiger partial charge is 0.465 e. The second kappa shape index (κ2) is 7.68. The summed E-state index contributed by atoms with van der Waals surface area (Å²) in [4.78, 5) is 24.6. The van der Waals surface area contributed by atoms with Crippen LogP contribution in [0.5, 0.6) is 0 Å². The van der Waals surface area contributed by atoms with E-state index in [0.717, 1.165) is 0 Å². The minimum absolute atomic E-state index is 0.294. The molecular formula is C16H22O4. The van der Waals surface area contributed by atoms with Crippen LogP contribution in [-0.4, -0.2) is 25.2 Å². The Morgan fingerprint density at radius 1 is 0.950 bits per heavy atom. The maximum atomic E-state index is 12.3. The summed E-state index contributed by atoms with van der Waals surface area (Å²) in [5, 5.41) is 0. The van der Waals surface area contributed by atoms with E-state index in [9.17, 15) is 9.59 Å². The number of carbonyl (C=O) groups is 2. The number of hydrogen-bond acceptors (Lipinski definition) is 4. The van der Waals surface area contributed by atoms with Crippen molar-refractivity contribution in [1.29, 1.82) is 0 Å². The number of hydrogen-bond donors (Lipinski definition) is 0. The van der Waals surface area contributed by atoms with Crippen LogP contribution in [0, 0.1) is 0 Å². The zero-order chi connectivity index (χ0) is 15.0. The second-order valence-corrected chi connectivity index (χ2v) is 4.76. The Labute approximate surface area is 120 Å². The van der Waals surface area contributed by atoms with Crippen molar-refractivity contribution in [2.45, 2.75) is 39.0 Å². The lowest BCUT2D eigenvalue weighted by molar-refractivity contribution is -0.164. The van der Waals surface area contributed by atoms with Gasteiger partial charge in [-0.05, 0) is 25.3 Å². The Hall–Kier alpha value is -1.84. The van der Waals surface area contributed by atoms with Crippen LogP contribution < -0.4 is 0 Å². The fraction of sp³-hybridized carbons (Fsp3) is 0.500. The quantitative estimate of drug-likeness (QED) is 0.568. The van der Waals surface area contributed by atoms with E-state index in [1.807, 2.05) is 19.9 Å². The number of esters is 2. The van der Waals surface area contributed by atoms with Crippen molar-refractivity contribution in [3.63, 3.8) is 0 Å². The third-order valence-electron chi connectivity index (χ3n) is 3.04. The number of ether oxygens (including phenoxy) is 2. The highest BCUT2D eigenvalue weighted by Gasteiger charge is 2.46. The highest BCUT2D eigenvalue weighted by Crippen LogP contribution is 2.27. The average molecular weight is 278 g/mol. The van der Waals surface area contributed by atoms with E-state index in [1.54, 1.807) is 31.2 Å². The Balaban J connectivity index is 3.05. The fourth-order valence-corrected chi connectivity index (χ4v) is 1.77. The van der Waals surface area contributed by atoms with Gasteiger partial charge in [0.2, 0.25) is 0 Å². The number of carbonyl (C=O) groups excluding carboxylic acids is 2. The van der Waals surface area contributed by atoms with Crippen LogP contribution in [0.1, 0.15) is 39.2 Å². The summed E-state index contributed by atoms with van der Waals surface area (Å²) < 4.78 is 10.3. The van der Waals surface area contributed by atoms with Gasteiger partial charge >= 0.3 is 11.9 Å². The predicted octanol–water partition coefficient (Wildman–Crippen LogP) is 2.85. The number of rotatable bonds is 7. The first-order valence-corrected chi connectivity index (χ1v) is 6.97. The molecule has 110 valence electrons. The molecule has 0 N–H and O–H groups in total. The first kappa shape index (κ1) is 16.2.